The van der Waals surface area contributed by atoms with Crippen LogP contribution in [0.15, 0.2) is 30.5 Å². The molecule has 2 unspecified atom stereocenters. The topological polar surface area (TPSA) is 91.7 Å². The van der Waals surface area contributed by atoms with Gasteiger partial charge in [0.05, 0.1) is 6.10 Å². The molecule has 25 heavy (non-hydrogen) atoms. The first-order chi connectivity index (χ1) is 11.7. The molecule has 2 rings (SSSR count). The fraction of sp³-hybridized carbons (Fsp3) is 0.444. The Kier molecular flexibility index (Phi) is 6.21. The molecule has 0 bridgehead atoms. The number of alkyl carbamates (subject to hydrolysis) is 1. The lowest BCUT2D eigenvalue weighted by Crippen LogP contribution is -2.34. The third kappa shape index (κ3) is 5.29. The number of aliphatic hydroxyl groups excluding tert-OH is 2. The highest BCUT2D eigenvalue weighted by molar-refractivity contribution is 6.34. The second kappa shape index (κ2) is 7.99. The number of hydrogen-bond acceptors (Lipinski definition) is 5. The molecule has 0 saturated carbocycles. The molecular formula is C18H23ClN2O4. The van der Waals surface area contributed by atoms with Gasteiger partial charge in [-0.1, -0.05) is 35.9 Å². The minimum Gasteiger partial charge on any atom is -0.444 e. The number of carbonyl (C=O) groups is 1. The summed E-state index contributed by atoms with van der Waals surface area (Å²) < 4.78 is 5.12. The Morgan fingerprint density at radius 1 is 1.28 bits per heavy atom. The quantitative estimate of drug-likeness (QED) is 0.707. The van der Waals surface area contributed by atoms with Crippen molar-refractivity contribution in [2.45, 2.75) is 45.0 Å². The van der Waals surface area contributed by atoms with Crippen molar-refractivity contribution < 1.29 is 19.7 Å². The molecule has 6 nitrogen and oxygen atoms in total. The van der Waals surface area contributed by atoms with Gasteiger partial charge in [0.25, 0.3) is 0 Å². The highest BCUT2D eigenvalue weighted by atomic mass is 35.5. The highest BCUT2D eigenvalue weighted by Crippen LogP contribution is 2.30. The molecule has 0 aliphatic rings. The number of carbonyl (C=O) groups excluding carboxylic acids is 1. The number of hydrogen-bond donors (Lipinski definition) is 3. The van der Waals surface area contributed by atoms with Gasteiger partial charge in [-0.3, -0.25) is 0 Å². The van der Waals surface area contributed by atoms with Crippen LogP contribution in [0, 0.1) is 0 Å². The standard InChI is InChI=1S/C18H23ClN2O4/c1-18(2,3)25-17(24)20-9-8-14(22)15(23)13-10-21-16(19)12-7-5-4-6-11(12)13/h4-7,10,14-15,22-23H,8-9H2,1-3H3,(H,20,24). The Bertz CT molecular complexity index is 745. The minimum absolute atomic E-state index is 0.164. The normalized spacial score (nSPS) is 14.2. The van der Waals surface area contributed by atoms with Crippen LogP contribution in [0.3, 0.4) is 0 Å². The van der Waals surface area contributed by atoms with Crippen LogP contribution in [-0.2, 0) is 4.74 Å². The van der Waals surface area contributed by atoms with E-state index in [0.717, 1.165) is 5.39 Å². The lowest BCUT2D eigenvalue weighted by molar-refractivity contribution is 0.0129. The van der Waals surface area contributed by atoms with Gasteiger partial charge in [0.2, 0.25) is 0 Å². The average Bonchev–Trinajstić information content (AvgIpc) is 2.53. The van der Waals surface area contributed by atoms with Crippen LogP contribution in [0.2, 0.25) is 5.15 Å². The van der Waals surface area contributed by atoms with Crippen LogP contribution in [0.5, 0.6) is 0 Å². The summed E-state index contributed by atoms with van der Waals surface area (Å²) in [7, 11) is 0. The molecule has 1 heterocycles. The molecule has 1 amide bonds. The lowest BCUT2D eigenvalue weighted by Gasteiger charge is -2.22. The smallest absolute Gasteiger partial charge is 0.407 e. The number of pyridine rings is 1. The van der Waals surface area contributed by atoms with Crippen molar-refractivity contribution in [1.82, 2.24) is 10.3 Å². The lowest BCUT2D eigenvalue weighted by atomic mass is 9.98. The van der Waals surface area contributed by atoms with Gasteiger partial charge >= 0.3 is 6.09 Å². The van der Waals surface area contributed by atoms with Gasteiger partial charge in [-0.05, 0) is 32.6 Å². The Hall–Kier alpha value is -1.89. The van der Waals surface area contributed by atoms with Gasteiger partial charge in [0.1, 0.15) is 16.9 Å². The number of fused-ring (bicyclic) bond motifs is 1. The van der Waals surface area contributed by atoms with Crippen LogP contribution in [-0.4, -0.2) is 39.5 Å². The molecule has 0 saturated heterocycles. The van der Waals surface area contributed by atoms with E-state index >= 15 is 0 Å². The van der Waals surface area contributed by atoms with Gasteiger partial charge in [-0.15, -0.1) is 0 Å². The molecule has 0 spiro atoms. The molecule has 0 aliphatic carbocycles. The first-order valence-corrected chi connectivity index (χ1v) is 8.43. The van der Waals surface area contributed by atoms with Crippen molar-refractivity contribution in [3.63, 3.8) is 0 Å². The first kappa shape index (κ1) is 19.4. The second-order valence-electron chi connectivity index (χ2n) is 6.78. The first-order valence-electron chi connectivity index (χ1n) is 8.05. The third-order valence-electron chi connectivity index (χ3n) is 3.57. The van der Waals surface area contributed by atoms with Crippen LogP contribution in [0.1, 0.15) is 38.9 Å². The van der Waals surface area contributed by atoms with E-state index in [1.165, 1.54) is 6.20 Å². The largest absolute Gasteiger partial charge is 0.444 e. The number of nitrogens with one attached hydrogen (secondary N) is 1. The van der Waals surface area contributed by atoms with Gasteiger partial charge < -0.3 is 20.3 Å². The van der Waals surface area contributed by atoms with Crippen molar-refractivity contribution in [2.75, 3.05) is 6.54 Å². The fourth-order valence-corrected chi connectivity index (χ4v) is 2.63. The monoisotopic (exact) mass is 366 g/mol. The van der Waals surface area contributed by atoms with Gasteiger partial charge in [-0.2, -0.15) is 0 Å². The molecule has 3 N–H and O–H groups in total. The number of amides is 1. The van der Waals surface area contributed by atoms with E-state index in [2.05, 4.69) is 10.3 Å². The number of nitrogens with zero attached hydrogens (tertiary/aromatic N) is 1. The van der Waals surface area contributed by atoms with Crippen LogP contribution < -0.4 is 5.32 Å². The number of benzene rings is 1. The summed E-state index contributed by atoms with van der Waals surface area (Å²) in [6, 6.07) is 7.27. The predicted molar refractivity (Wildman–Crippen MR) is 96.6 cm³/mol. The summed E-state index contributed by atoms with van der Waals surface area (Å²) in [4.78, 5) is 15.7. The maximum atomic E-state index is 11.6. The summed E-state index contributed by atoms with van der Waals surface area (Å²) in [5.41, 5.74) is -0.0967. The molecule has 1 aromatic heterocycles. The summed E-state index contributed by atoms with van der Waals surface area (Å²) in [5, 5.41) is 25.0. The number of aliphatic hydroxyl groups is 2. The highest BCUT2D eigenvalue weighted by Gasteiger charge is 2.22. The zero-order valence-corrected chi connectivity index (χ0v) is 15.2. The Morgan fingerprint density at radius 2 is 1.92 bits per heavy atom. The number of aromatic nitrogens is 1. The van der Waals surface area contributed by atoms with E-state index in [4.69, 9.17) is 16.3 Å². The zero-order valence-electron chi connectivity index (χ0n) is 14.5. The van der Waals surface area contributed by atoms with Crippen LogP contribution in [0.25, 0.3) is 10.8 Å². The SMILES string of the molecule is CC(C)(C)OC(=O)NCCC(O)C(O)c1cnc(Cl)c2ccccc12. The molecule has 2 aromatic rings. The van der Waals surface area contributed by atoms with Crippen molar-refractivity contribution in [3.8, 4) is 0 Å². The van der Waals surface area contributed by atoms with E-state index in [1.807, 2.05) is 18.2 Å². The summed E-state index contributed by atoms with van der Waals surface area (Å²) in [6.07, 6.45) is -1.15. The number of rotatable bonds is 5. The van der Waals surface area contributed by atoms with E-state index < -0.39 is 23.9 Å². The van der Waals surface area contributed by atoms with Gasteiger partial charge in [-0.25, -0.2) is 9.78 Å². The summed E-state index contributed by atoms with van der Waals surface area (Å²) in [6.45, 7) is 5.48. The van der Waals surface area contributed by atoms with Crippen molar-refractivity contribution in [3.05, 3.63) is 41.2 Å². The maximum absolute atomic E-state index is 11.6. The third-order valence-corrected chi connectivity index (χ3v) is 3.87. The Morgan fingerprint density at radius 3 is 2.56 bits per heavy atom. The van der Waals surface area contributed by atoms with Crippen LogP contribution in [0.4, 0.5) is 4.79 Å². The van der Waals surface area contributed by atoms with E-state index in [-0.39, 0.29) is 13.0 Å². The van der Waals surface area contributed by atoms with Crippen molar-refractivity contribution in [1.29, 1.82) is 0 Å². The molecule has 2 atom stereocenters. The predicted octanol–water partition coefficient (Wildman–Crippen LogP) is 3.20. The van der Waals surface area contributed by atoms with Gasteiger partial charge in [0.15, 0.2) is 0 Å². The molecule has 7 heteroatoms. The van der Waals surface area contributed by atoms with E-state index in [9.17, 15) is 15.0 Å². The molecule has 0 radical (unpaired) electrons. The minimum atomic E-state index is -1.14. The zero-order chi connectivity index (χ0) is 18.6. The number of halogens is 1. The fourth-order valence-electron chi connectivity index (χ4n) is 2.42. The van der Waals surface area contributed by atoms with Crippen molar-refractivity contribution >= 4 is 28.5 Å². The van der Waals surface area contributed by atoms with Gasteiger partial charge in [0, 0.05) is 23.7 Å². The Labute approximate surface area is 151 Å². The molecule has 1 aromatic carbocycles. The molecule has 136 valence electrons. The van der Waals surface area contributed by atoms with E-state index in [0.29, 0.717) is 16.1 Å². The molecular weight excluding hydrogens is 344 g/mol. The Balaban J connectivity index is 2.00. The summed E-state index contributed by atoms with van der Waals surface area (Å²) in [5.74, 6) is 0. The maximum Gasteiger partial charge on any atom is 0.407 e. The van der Waals surface area contributed by atoms with Crippen molar-refractivity contribution in [2.24, 2.45) is 0 Å². The average molecular weight is 367 g/mol. The van der Waals surface area contributed by atoms with Crippen LogP contribution >= 0.6 is 11.6 Å². The second-order valence-corrected chi connectivity index (χ2v) is 7.14. The number of ether oxygens (including phenoxy) is 1. The summed E-state index contributed by atoms with van der Waals surface area (Å²) >= 11 is 6.07. The molecule has 0 aliphatic heterocycles. The molecule has 0 fully saturated rings. The van der Waals surface area contributed by atoms with E-state index in [1.54, 1.807) is 26.8 Å².